The van der Waals surface area contributed by atoms with Crippen molar-refractivity contribution in [3.05, 3.63) is 54.4 Å². The number of carbonyl (C=O) groups is 2. The first kappa shape index (κ1) is 19.7. The number of aryl methyl sites for hydroxylation is 1. The first-order valence-electron chi connectivity index (χ1n) is 10.5. The molecule has 0 aliphatic carbocycles. The zero-order valence-electron chi connectivity index (χ0n) is 17.4. The lowest BCUT2D eigenvalue weighted by atomic mass is 9.96. The van der Waals surface area contributed by atoms with Crippen molar-refractivity contribution in [3.8, 4) is 11.1 Å². The van der Waals surface area contributed by atoms with Crippen LogP contribution in [0.1, 0.15) is 10.4 Å². The third-order valence-corrected chi connectivity index (χ3v) is 6.12. The normalized spacial score (nSPS) is 18.7. The molecule has 8 heteroatoms. The summed E-state index contributed by atoms with van der Waals surface area (Å²) in [5, 5.41) is 6.19. The van der Waals surface area contributed by atoms with Crippen LogP contribution >= 0.6 is 0 Å². The number of imidazole rings is 1. The second-order valence-corrected chi connectivity index (χ2v) is 8.19. The SMILES string of the molecule is Cn1cnc2cc(-c3ccc(C(=O)N4CCNC(=O)C5(COC5)NCC4)cc3)ccc21. The summed E-state index contributed by atoms with van der Waals surface area (Å²) >= 11 is 0. The summed E-state index contributed by atoms with van der Waals surface area (Å²) in [6, 6.07) is 13.8. The molecule has 0 bridgehead atoms. The number of hydrogen-bond donors (Lipinski definition) is 2. The molecule has 2 N–H and O–H groups in total. The number of aromatic nitrogens is 2. The highest BCUT2D eigenvalue weighted by atomic mass is 16.5. The molecule has 0 saturated carbocycles. The largest absolute Gasteiger partial charge is 0.376 e. The van der Waals surface area contributed by atoms with Crippen molar-refractivity contribution in [1.82, 2.24) is 25.1 Å². The maximum atomic E-state index is 13.1. The highest BCUT2D eigenvalue weighted by Gasteiger charge is 2.45. The summed E-state index contributed by atoms with van der Waals surface area (Å²) in [6.45, 7) is 2.73. The number of amides is 2. The molecule has 1 aromatic heterocycles. The van der Waals surface area contributed by atoms with Crippen LogP contribution in [0.2, 0.25) is 0 Å². The lowest BCUT2D eigenvalue weighted by Gasteiger charge is -2.40. The Bertz CT molecular complexity index is 1130. The van der Waals surface area contributed by atoms with Crippen molar-refractivity contribution in [3.63, 3.8) is 0 Å². The first-order chi connectivity index (χ1) is 15.1. The zero-order valence-corrected chi connectivity index (χ0v) is 17.4. The molecule has 2 amide bonds. The van der Waals surface area contributed by atoms with Crippen LogP contribution in [0.3, 0.4) is 0 Å². The van der Waals surface area contributed by atoms with E-state index in [1.165, 1.54) is 0 Å². The second kappa shape index (κ2) is 7.79. The van der Waals surface area contributed by atoms with E-state index in [1.54, 1.807) is 11.2 Å². The summed E-state index contributed by atoms with van der Waals surface area (Å²) in [5.41, 5.74) is 4.12. The standard InChI is InChI=1S/C23H25N5O3/c1-27-15-25-19-12-18(6-7-20(19)27)16-2-4-17(5-3-16)21(29)28-10-8-24-22(30)23(13-31-14-23)26-9-11-28/h2-7,12,15,26H,8-11,13-14H2,1H3,(H,24,30). The van der Waals surface area contributed by atoms with Crippen molar-refractivity contribution < 1.29 is 14.3 Å². The molecule has 8 nitrogen and oxygen atoms in total. The van der Waals surface area contributed by atoms with Gasteiger partial charge in [0.05, 0.1) is 30.6 Å². The Kier molecular flexibility index (Phi) is 4.95. The minimum Gasteiger partial charge on any atom is -0.376 e. The number of nitrogens with zero attached hydrogens (tertiary/aromatic N) is 3. The maximum absolute atomic E-state index is 13.1. The molecule has 0 atom stereocenters. The van der Waals surface area contributed by atoms with Gasteiger partial charge in [0.1, 0.15) is 5.54 Å². The highest BCUT2D eigenvalue weighted by Crippen LogP contribution is 2.24. The van der Waals surface area contributed by atoms with Gasteiger partial charge >= 0.3 is 0 Å². The summed E-state index contributed by atoms with van der Waals surface area (Å²) < 4.78 is 7.22. The Morgan fingerprint density at radius 1 is 1.06 bits per heavy atom. The number of fused-ring (bicyclic) bond motifs is 1. The van der Waals surface area contributed by atoms with Crippen molar-refractivity contribution in [2.75, 3.05) is 39.4 Å². The number of nitrogens with one attached hydrogen (secondary N) is 2. The number of ether oxygens (including phenoxy) is 1. The number of rotatable bonds is 2. The molecule has 3 aromatic rings. The van der Waals surface area contributed by atoms with Gasteiger partial charge in [-0.15, -0.1) is 0 Å². The predicted molar refractivity (Wildman–Crippen MR) is 117 cm³/mol. The van der Waals surface area contributed by atoms with E-state index < -0.39 is 5.54 Å². The van der Waals surface area contributed by atoms with Crippen LogP contribution < -0.4 is 10.6 Å². The van der Waals surface area contributed by atoms with E-state index in [2.05, 4.69) is 33.8 Å². The van der Waals surface area contributed by atoms with Crippen LogP contribution in [-0.4, -0.2) is 71.2 Å². The Morgan fingerprint density at radius 2 is 1.81 bits per heavy atom. The second-order valence-electron chi connectivity index (χ2n) is 8.19. The van der Waals surface area contributed by atoms with Gasteiger partial charge in [-0.3, -0.25) is 14.9 Å². The smallest absolute Gasteiger partial charge is 0.253 e. The summed E-state index contributed by atoms with van der Waals surface area (Å²) in [5.74, 6) is -0.0918. The summed E-state index contributed by atoms with van der Waals surface area (Å²) in [4.78, 5) is 31.6. The fourth-order valence-electron chi connectivity index (χ4n) is 4.14. The Labute approximate surface area is 180 Å². The van der Waals surface area contributed by atoms with E-state index in [1.807, 2.05) is 35.9 Å². The summed E-state index contributed by atoms with van der Waals surface area (Å²) in [7, 11) is 1.98. The van der Waals surface area contributed by atoms with Crippen molar-refractivity contribution in [1.29, 1.82) is 0 Å². The number of benzene rings is 2. The van der Waals surface area contributed by atoms with Gasteiger partial charge in [0.15, 0.2) is 0 Å². The van der Waals surface area contributed by atoms with Gasteiger partial charge in [0.2, 0.25) is 5.91 Å². The summed E-state index contributed by atoms with van der Waals surface area (Å²) in [6.07, 6.45) is 1.80. The van der Waals surface area contributed by atoms with E-state index >= 15 is 0 Å². The molecule has 3 heterocycles. The molecule has 2 aliphatic rings. The van der Waals surface area contributed by atoms with E-state index in [0.717, 1.165) is 22.2 Å². The van der Waals surface area contributed by atoms with Gasteiger partial charge in [-0.25, -0.2) is 4.98 Å². The molecule has 2 aliphatic heterocycles. The van der Waals surface area contributed by atoms with Crippen molar-refractivity contribution in [2.24, 2.45) is 7.05 Å². The van der Waals surface area contributed by atoms with Crippen LogP contribution in [0.4, 0.5) is 0 Å². The molecule has 0 unspecified atom stereocenters. The van der Waals surface area contributed by atoms with Gasteiger partial charge < -0.3 is 19.5 Å². The molecule has 0 radical (unpaired) electrons. The first-order valence-corrected chi connectivity index (χ1v) is 10.5. The molecule has 31 heavy (non-hydrogen) atoms. The predicted octanol–water partition coefficient (Wildman–Crippen LogP) is 1.17. The van der Waals surface area contributed by atoms with Crippen molar-refractivity contribution in [2.45, 2.75) is 5.54 Å². The van der Waals surface area contributed by atoms with E-state index in [0.29, 0.717) is 45.0 Å². The Hall–Kier alpha value is -3.23. The van der Waals surface area contributed by atoms with Gasteiger partial charge in [-0.1, -0.05) is 18.2 Å². The van der Waals surface area contributed by atoms with E-state index in [9.17, 15) is 9.59 Å². The molecule has 2 saturated heterocycles. The van der Waals surface area contributed by atoms with E-state index in [4.69, 9.17) is 4.74 Å². The Balaban J connectivity index is 1.30. The lowest BCUT2D eigenvalue weighted by molar-refractivity contribution is -0.147. The van der Waals surface area contributed by atoms with Crippen LogP contribution in [0.25, 0.3) is 22.2 Å². The van der Waals surface area contributed by atoms with Crippen LogP contribution in [-0.2, 0) is 16.6 Å². The van der Waals surface area contributed by atoms with Gasteiger partial charge in [-0.2, -0.15) is 0 Å². The molecule has 2 fully saturated rings. The fourth-order valence-corrected chi connectivity index (χ4v) is 4.14. The number of carbonyl (C=O) groups excluding carboxylic acids is 2. The average molecular weight is 419 g/mol. The minimum atomic E-state index is -0.643. The highest BCUT2D eigenvalue weighted by molar-refractivity contribution is 5.95. The van der Waals surface area contributed by atoms with Gasteiger partial charge in [0.25, 0.3) is 5.91 Å². The van der Waals surface area contributed by atoms with Crippen LogP contribution in [0.5, 0.6) is 0 Å². The third kappa shape index (κ3) is 3.58. The van der Waals surface area contributed by atoms with Crippen LogP contribution in [0, 0.1) is 0 Å². The zero-order chi connectivity index (χ0) is 21.4. The average Bonchev–Trinajstić information content (AvgIpc) is 3.16. The fraction of sp³-hybridized carbons (Fsp3) is 0.348. The topological polar surface area (TPSA) is 88.5 Å². The molecule has 160 valence electrons. The minimum absolute atomic E-state index is 0.0383. The quantitative estimate of drug-likeness (QED) is 0.651. The lowest BCUT2D eigenvalue weighted by Crippen LogP contribution is -2.69. The van der Waals surface area contributed by atoms with Crippen molar-refractivity contribution >= 4 is 22.8 Å². The van der Waals surface area contributed by atoms with Gasteiger partial charge in [-0.05, 0) is 35.4 Å². The van der Waals surface area contributed by atoms with Gasteiger partial charge in [0, 0.05) is 38.8 Å². The molecule has 5 rings (SSSR count). The monoisotopic (exact) mass is 419 g/mol. The van der Waals surface area contributed by atoms with Crippen LogP contribution in [0.15, 0.2) is 48.8 Å². The molecular weight excluding hydrogens is 394 g/mol. The third-order valence-electron chi connectivity index (χ3n) is 6.12. The molecule has 2 aromatic carbocycles. The van der Waals surface area contributed by atoms with E-state index in [-0.39, 0.29) is 11.8 Å². The number of hydrogen-bond acceptors (Lipinski definition) is 5. The molecule has 1 spiro atoms. The maximum Gasteiger partial charge on any atom is 0.253 e. The molecular formula is C23H25N5O3. The Morgan fingerprint density at radius 3 is 2.55 bits per heavy atom.